The van der Waals surface area contributed by atoms with Crippen LogP contribution >= 0.6 is 11.6 Å². The lowest BCUT2D eigenvalue weighted by molar-refractivity contribution is -0.137. The maximum absolute atomic E-state index is 11.8. The van der Waals surface area contributed by atoms with Crippen molar-refractivity contribution in [2.45, 2.75) is 32.9 Å². The third-order valence-electron chi connectivity index (χ3n) is 5.38. The number of hydrogen-bond donors (Lipinski definition) is 1. The Balaban J connectivity index is 1.50. The summed E-state index contributed by atoms with van der Waals surface area (Å²) in [5.41, 5.74) is 3.89. The largest absolute Gasteiger partial charge is 0.480 e. The Morgan fingerprint density at radius 1 is 1.39 bits per heavy atom. The van der Waals surface area contributed by atoms with Gasteiger partial charge in [0.05, 0.1) is 17.9 Å². The lowest BCUT2D eigenvalue weighted by atomic mass is 10.1. The summed E-state index contributed by atoms with van der Waals surface area (Å²) in [5, 5.41) is 13.6. The van der Waals surface area contributed by atoms with Gasteiger partial charge in [-0.1, -0.05) is 11.6 Å². The van der Waals surface area contributed by atoms with Gasteiger partial charge in [-0.15, -0.1) is 0 Å². The summed E-state index contributed by atoms with van der Waals surface area (Å²) in [7, 11) is 0. The van der Waals surface area contributed by atoms with Crippen molar-refractivity contribution in [1.82, 2.24) is 19.7 Å². The number of aryl methyl sites for hydroxylation is 1. The molecule has 0 unspecified atom stereocenters. The summed E-state index contributed by atoms with van der Waals surface area (Å²) in [4.78, 5) is 33.3. The number of dihydropyridines is 1. The topological polar surface area (TPSA) is 110 Å². The van der Waals surface area contributed by atoms with E-state index < -0.39 is 5.97 Å². The van der Waals surface area contributed by atoms with Crippen LogP contribution in [0.15, 0.2) is 34.1 Å². The van der Waals surface area contributed by atoms with E-state index in [0.717, 1.165) is 28.9 Å². The number of carboxylic acid groups (broad SMARTS) is 1. The highest BCUT2D eigenvalue weighted by Crippen LogP contribution is 2.30. The smallest absolute Gasteiger partial charge is 0.325 e. The van der Waals surface area contributed by atoms with Crippen LogP contribution in [-0.4, -0.2) is 68.5 Å². The molecule has 2 aliphatic rings. The van der Waals surface area contributed by atoms with Crippen molar-refractivity contribution in [2.75, 3.05) is 19.6 Å². The fraction of sp³-hybridized carbons (Fsp3) is 0.381. The molecule has 1 fully saturated rings. The number of aliphatic imine (C=N–C) groups is 1. The normalized spacial score (nSPS) is 18.7. The number of likely N-dealkylation sites (tertiary alicyclic amines) is 1. The number of aromatic nitrogens is 3. The molecule has 1 atom stereocenters. The second kappa shape index (κ2) is 8.50. The molecule has 4 rings (SSSR count). The highest BCUT2D eigenvalue weighted by atomic mass is 35.5. The van der Waals surface area contributed by atoms with E-state index in [0.29, 0.717) is 24.7 Å². The Bertz CT molecular complexity index is 1110. The third-order valence-corrected chi connectivity index (χ3v) is 5.79. The van der Waals surface area contributed by atoms with Crippen LogP contribution in [0.3, 0.4) is 0 Å². The number of nitrogens with zero attached hydrogens (tertiary/aromatic N) is 5. The monoisotopic (exact) mass is 443 g/mol. The minimum atomic E-state index is -0.943. The molecular weight excluding hydrogens is 422 g/mol. The van der Waals surface area contributed by atoms with Gasteiger partial charge in [0.2, 0.25) is 5.88 Å². The predicted octanol–water partition coefficient (Wildman–Crippen LogP) is 2.20. The van der Waals surface area contributed by atoms with Crippen LogP contribution in [0.5, 0.6) is 5.88 Å². The number of carboxylic acids is 1. The standard InChI is InChI=1S/C21H22ClN5O4/c1-12-20(13(2)27(25-12)11-19(29)30)14-3-5-24-18(7-14)31-15-4-6-26(10-15)16-8-23-9-17(28)21(16)22/h3,5,7-8,15H,4,6,9-11H2,1-2H3,(H,29,30)/t15-/m1/s1. The van der Waals surface area contributed by atoms with Crippen molar-refractivity contribution in [2.24, 2.45) is 4.99 Å². The lowest BCUT2D eigenvalue weighted by Gasteiger charge is -2.22. The highest BCUT2D eigenvalue weighted by Gasteiger charge is 2.29. The molecule has 0 spiro atoms. The summed E-state index contributed by atoms with van der Waals surface area (Å²) in [6.45, 7) is 4.87. The minimum absolute atomic E-state index is 0.0920. The summed E-state index contributed by atoms with van der Waals surface area (Å²) in [6.07, 6.45) is 3.96. The van der Waals surface area contributed by atoms with Crippen LogP contribution in [0.2, 0.25) is 0 Å². The number of hydrogen-bond acceptors (Lipinski definition) is 7. The average molecular weight is 444 g/mol. The van der Waals surface area contributed by atoms with Gasteiger partial charge in [0.1, 0.15) is 24.2 Å². The van der Waals surface area contributed by atoms with Crippen molar-refractivity contribution in [3.05, 3.63) is 40.4 Å². The number of carbonyl (C=O) groups excluding carboxylic acids is 1. The molecule has 0 saturated carbocycles. The maximum Gasteiger partial charge on any atom is 0.325 e. The first-order chi connectivity index (χ1) is 14.8. The second-order valence-electron chi connectivity index (χ2n) is 7.55. The summed E-state index contributed by atoms with van der Waals surface area (Å²) in [5.74, 6) is -0.642. The summed E-state index contributed by atoms with van der Waals surface area (Å²) < 4.78 is 7.58. The summed E-state index contributed by atoms with van der Waals surface area (Å²) >= 11 is 6.17. The molecule has 0 radical (unpaired) electrons. The van der Waals surface area contributed by atoms with Gasteiger partial charge in [0, 0.05) is 42.7 Å². The van der Waals surface area contributed by atoms with Crippen LogP contribution < -0.4 is 4.74 Å². The molecule has 31 heavy (non-hydrogen) atoms. The van der Waals surface area contributed by atoms with Gasteiger partial charge < -0.3 is 14.7 Å². The van der Waals surface area contributed by atoms with Gasteiger partial charge in [-0.2, -0.15) is 5.10 Å². The number of allylic oxidation sites excluding steroid dienone is 1. The van der Waals surface area contributed by atoms with E-state index in [1.807, 2.05) is 30.9 Å². The van der Waals surface area contributed by atoms with E-state index in [1.54, 1.807) is 12.4 Å². The first-order valence-electron chi connectivity index (χ1n) is 9.90. The fourth-order valence-corrected chi connectivity index (χ4v) is 4.17. The number of ketones is 1. The van der Waals surface area contributed by atoms with Gasteiger partial charge in [-0.05, 0) is 25.5 Å². The van der Waals surface area contributed by atoms with Crippen LogP contribution in [-0.2, 0) is 16.1 Å². The second-order valence-corrected chi connectivity index (χ2v) is 7.92. The van der Waals surface area contributed by atoms with Gasteiger partial charge >= 0.3 is 5.97 Å². The highest BCUT2D eigenvalue weighted by molar-refractivity contribution is 6.44. The molecule has 2 aromatic rings. The Labute approximate surface area is 184 Å². The number of carbonyl (C=O) groups is 2. The van der Waals surface area contributed by atoms with Crippen LogP contribution in [0, 0.1) is 13.8 Å². The molecule has 2 aromatic heterocycles. The number of ether oxygens (including phenoxy) is 1. The molecule has 0 aromatic carbocycles. The Kier molecular flexibility index (Phi) is 5.77. The SMILES string of the molecule is Cc1nn(CC(=O)O)c(C)c1-c1ccnc(O[C@@H]2CCN(C3=C(Cl)C(=O)CN=C3)C2)c1. The molecule has 9 nitrogen and oxygen atoms in total. The van der Waals surface area contributed by atoms with Crippen LogP contribution in [0.1, 0.15) is 17.8 Å². The number of halogens is 1. The number of aliphatic carboxylic acids is 1. The Morgan fingerprint density at radius 3 is 2.97 bits per heavy atom. The molecule has 0 amide bonds. The zero-order chi connectivity index (χ0) is 22.1. The van der Waals surface area contributed by atoms with Gasteiger partial charge in [-0.25, -0.2) is 4.98 Å². The fourth-order valence-electron chi connectivity index (χ4n) is 3.94. The van der Waals surface area contributed by atoms with Gasteiger partial charge in [0.25, 0.3) is 0 Å². The Hall–Kier alpha value is -3.20. The Morgan fingerprint density at radius 2 is 2.19 bits per heavy atom. The molecular formula is C21H22ClN5O4. The maximum atomic E-state index is 11.8. The zero-order valence-corrected chi connectivity index (χ0v) is 18.0. The van der Waals surface area contributed by atoms with Crippen LogP contribution in [0.25, 0.3) is 11.1 Å². The van der Waals surface area contributed by atoms with E-state index in [1.165, 1.54) is 4.68 Å². The first kappa shape index (κ1) is 21.0. The van der Waals surface area contributed by atoms with Gasteiger partial charge in [0.15, 0.2) is 5.78 Å². The number of pyridine rings is 1. The van der Waals surface area contributed by atoms with Crippen LogP contribution in [0.4, 0.5) is 0 Å². The van der Waals surface area contributed by atoms with Crippen molar-refractivity contribution >= 4 is 29.6 Å². The molecule has 2 aliphatic heterocycles. The molecule has 10 heteroatoms. The van der Waals surface area contributed by atoms with E-state index in [-0.39, 0.29) is 30.0 Å². The average Bonchev–Trinajstić information content (AvgIpc) is 3.28. The van der Waals surface area contributed by atoms with Crippen molar-refractivity contribution in [3.8, 4) is 17.0 Å². The minimum Gasteiger partial charge on any atom is -0.480 e. The third kappa shape index (κ3) is 4.32. The zero-order valence-electron chi connectivity index (χ0n) is 17.2. The summed E-state index contributed by atoms with van der Waals surface area (Å²) in [6, 6.07) is 3.69. The molecule has 0 aliphatic carbocycles. The molecule has 162 valence electrons. The quantitative estimate of drug-likeness (QED) is 0.728. The van der Waals surface area contributed by atoms with E-state index in [4.69, 9.17) is 21.4 Å². The van der Waals surface area contributed by atoms with Crippen molar-refractivity contribution in [3.63, 3.8) is 0 Å². The van der Waals surface area contributed by atoms with Crippen molar-refractivity contribution in [1.29, 1.82) is 0 Å². The molecule has 4 heterocycles. The molecule has 1 N–H and O–H groups in total. The van der Waals surface area contributed by atoms with E-state index >= 15 is 0 Å². The predicted molar refractivity (Wildman–Crippen MR) is 114 cm³/mol. The van der Waals surface area contributed by atoms with E-state index in [9.17, 15) is 9.59 Å². The van der Waals surface area contributed by atoms with Crippen molar-refractivity contribution < 1.29 is 19.4 Å². The lowest BCUT2D eigenvalue weighted by Crippen LogP contribution is -2.28. The molecule has 1 saturated heterocycles. The number of Topliss-reactive ketones (excluding diaryl/α,β-unsaturated/α-hetero) is 1. The van der Waals surface area contributed by atoms with Gasteiger partial charge in [-0.3, -0.25) is 19.3 Å². The first-order valence-corrected chi connectivity index (χ1v) is 10.3. The molecule has 0 bridgehead atoms. The number of rotatable bonds is 6. The van der Waals surface area contributed by atoms with E-state index in [2.05, 4.69) is 15.1 Å².